The van der Waals surface area contributed by atoms with Gasteiger partial charge in [-0.15, -0.1) is 0 Å². The number of carbonyl (C=O) groups excluding carboxylic acids is 1. The number of anilines is 2. The van der Waals surface area contributed by atoms with Gasteiger partial charge in [-0.05, 0) is 6.07 Å². The highest BCUT2D eigenvalue weighted by molar-refractivity contribution is 5.95. The average molecular weight is 208 g/mol. The smallest absolute Gasteiger partial charge is 0.342 e. The Labute approximate surface area is 87.0 Å². The van der Waals surface area contributed by atoms with Crippen molar-refractivity contribution in [1.82, 2.24) is 0 Å². The van der Waals surface area contributed by atoms with Crippen LogP contribution in [0.3, 0.4) is 0 Å². The molecule has 0 aromatic heterocycles. The maximum atomic E-state index is 11.4. The molecule has 0 saturated carbocycles. The Morgan fingerprint density at radius 2 is 2.07 bits per heavy atom. The van der Waals surface area contributed by atoms with Crippen molar-refractivity contribution in [2.45, 2.75) is 0 Å². The number of benzene rings is 1. The molecule has 1 aromatic carbocycles. The van der Waals surface area contributed by atoms with E-state index in [0.717, 1.165) is 0 Å². The summed E-state index contributed by atoms with van der Waals surface area (Å²) in [4.78, 5) is 11.4. The van der Waals surface area contributed by atoms with Crippen molar-refractivity contribution in [3.8, 4) is 5.75 Å². The summed E-state index contributed by atoms with van der Waals surface area (Å²) in [6.45, 7) is 3.47. The third-order valence-electron chi connectivity index (χ3n) is 1.75. The zero-order chi connectivity index (χ0) is 11.4. The van der Waals surface area contributed by atoms with Gasteiger partial charge in [-0.3, -0.25) is 0 Å². The molecular weight excluding hydrogens is 196 g/mol. The van der Waals surface area contributed by atoms with Crippen LogP contribution in [0.15, 0.2) is 24.8 Å². The van der Waals surface area contributed by atoms with Crippen molar-refractivity contribution in [2.75, 3.05) is 18.1 Å². The molecule has 0 aliphatic heterocycles. The molecule has 5 N–H and O–H groups in total. The molecule has 0 aliphatic carbocycles. The number of rotatable bonds is 3. The molecule has 0 unspecified atom stereocenters. The molecule has 5 nitrogen and oxygen atoms in total. The SMILES string of the molecule is C=CCOC(=O)c1cc(N)c(N)cc1O. The molecule has 0 radical (unpaired) electrons. The third kappa shape index (κ3) is 2.40. The maximum Gasteiger partial charge on any atom is 0.342 e. The molecule has 0 heterocycles. The normalized spacial score (nSPS) is 9.60. The van der Waals surface area contributed by atoms with Crippen molar-refractivity contribution < 1.29 is 14.6 Å². The lowest BCUT2D eigenvalue weighted by Crippen LogP contribution is -2.07. The first-order valence-electron chi connectivity index (χ1n) is 4.22. The van der Waals surface area contributed by atoms with Crippen LogP contribution < -0.4 is 11.5 Å². The molecule has 0 amide bonds. The molecule has 1 rings (SSSR count). The van der Waals surface area contributed by atoms with Crippen molar-refractivity contribution in [1.29, 1.82) is 0 Å². The summed E-state index contributed by atoms with van der Waals surface area (Å²) in [7, 11) is 0. The average Bonchev–Trinajstić information content (AvgIpc) is 2.20. The van der Waals surface area contributed by atoms with E-state index in [0.29, 0.717) is 0 Å². The molecular formula is C10H12N2O3. The van der Waals surface area contributed by atoms with Crippen LogP contribution >= 0.6 is 0 Å². The number of aromatic hydroxyl groups is 1. The zero-order valence-corrected chi connectivity index (χ0v) is 8.06. The quantitative estimate of drug-likeness (QED) is 0.296. The largest absolute Gasteiger partial charge is 0.507 e. The van der Waals surface area contributed by atoms with E-state index in [1.165, 1.54) is 18.2 Å². The van der Waals surface area contributed by atoms with Gasteiger partial charge in [0, 0.05) is 6.07 Å². The summed E-state index contributed by atoms with van der Waals surface area (Å²) in [5, 5.41) is 9.42. The molecule has 5 heteroatoms. The standard InChI is InChI=1S/C10H12N2O3/c1-2-3-15-10(14)6-4-7(11)8(12)5-9(6)13/h2,4-5,13H,1,3,11-12H2. The predicted octanol–water partition coefficient (Wildman–Crippen LogP) is 0.899. The number of nitrogens with two attached hydrogens (primary N) is 2. The highest BCUT2D eigenvalue weighted by Crippen LogP contribution is 2.26. The van der Waals surface area contributed by atoms with Gasteiger partial charge >= 0.3 is 5.97 Å². The second-order valence-corrected chi connectivity index (χ2v) is 2.89. The van der Waals surface area contributed by atoms with Crippen LogP contribution in [-0.2, 0) is 4.74 Å². The number of phenolic OH excluding ortho intramolecular Hbond substituents is 1. The van der Waals surface area contributed by atoms with Crippen LogP contribution in [0.25, 0.3) is 0 Å². The fraction of sp³-hybridized carbons (Fsp3) is 0.100. The van der Waals surface area contributed by atoms with E-state index in [1.807, 2.05) is 0 Å². The molecule has 0 bridgehead atoms. The van der Waals surface area contributed by atoms with Gasteiger partial charge in [0.2, 0.25) is 0 Å². The highest BCUT2D eigenvalue weighted by Gasteiger charge is 2.14. The Bertz CT molecular complexity index is 402. The monoisotopic (exact) mass is 208 g/mol. The van der Waals surface area contributed by atoms with Crippen LogP contribution in [0, 0.1) is 0 Å². The Morgan fingerprint density at radius 3 is 2.67 bits per heavy atom. The van der Waals surface area contributed by atoms with E-state index in [-0.39, 0.29) is 29.3 Å². The number of nitrogen functional groups attached to an aromatic ring is 2. The number of carbonyl (C=O) groups is 1. The van der Waals surface area contributed by atoms with Gasteiger partial charge in [-0.25, -0.2) is 4.79 Å². The second-order valence-electron chi connectivity index (χ2n) is 2.89. The summed E-state index contributed by atoms with van der Waals surface area (Å²) in [6, 6.07) is 2.48. The number of esters is 1. The lowest BCUT2D eigenvalue weighted by molar-refractivity contribution is 0.0546. The molecule has 0 spiro atoms. The number of hydrogen-bond donors (Lipinski definition) is 3. The van der Waals surface area contributed by atoms with Gasteiger partial charge in [-0.1, -0.05) is 12.7 Å². The third-order valence-corrected chi connectivity index (χ3v) is 1.75. The summed E-state index contributed by atoms with van der Waals surface area (Å²) in [5.74, 6) is -0.921. The Balaban J connectivity index is 2.98. The van der Waals surface area contributed by atoms with E-state index in [9.17, 15) is 9.90 Å². The van der Waals surface area contributed by atoms with E-state index < -0.39 is 5.97 Å². The van der Waals surface area contributed by atoms with Crippen LogP contribution in [0.4, 0.5) is 11.4 Å². The first-order valence-corrected chi connectivity index (χ1v) is 4.22. The van der Waals surface area contributed by atoms with Crippen LogP contribution in [0.1, 0.15) is 10.4 Å². The Hall–Kier alpha value is -2.17. The first-order chi connectivity index (χ1) is 7.06. The van der Waals surface area contributed by atoms with E-state index in [2.05, 4.69) is 6.58 Å². The molecule has 80 valence electrons. The topological polar surface area (TPSA) is 98.6 Å². The molecule has 0 atom stereocenters. The molecule has 0 aliphatic rings. The predicted molar refractivity (Wildman–Crippen MR) is 57.4 cm³/mol. The lowest BCUT2D eigenvalue weighted by Gasteiger charge is -2.07. The van der Waals surface area contributed by atoms with Gasteiger partial charge in [0.25, 0.3) is 0 Å². The van der Waals surface area contributed by atoms with Crippen molar-refractivity contribution >= 4 is 17.3 Å². The molecule has 1 aromatic rings. The van der Waals surface area contributed by atoms with Gasteiger partial charge < -0.3 is 21.3 Å². The summed E-state index contributed by atoms with van der Waals surface area (Å²) >= 11 is 0. The Kier molecular flexibility index (Phi) is 3.17. The van der Waals surface area contributed by atoms with Crippen LogP contribution in [0.2, 0.25) is 0 Å². The van der Waals surface area contributed by atoms with E-state index in [1.54, 1.807) is 0 Å². The molecule has 0 fully saturated rings. The first kappa shape index (κ1) is 10.9. The Morgan fingerprint density at radius 1 is 1.47 bits per heavy atom. The minimum Gasteiger partial charge on any atom is -0.507 e. The number of phenols is 1. The lowest BCUT2D eigenvalue weighted by atomic mass is 10.1. The minimum absolute atomic E-state index is 0.0106. The zero-order valence-electron chi connectivity index (χ0n) is 8.06. The second kappa shape index (κ2) is 4.36. The fourth-order valence-electron chi connectivity index (χ4n) is 0.997. The van der Waals surface area contributed by atoms with Crippen molar-refractivity contribution in [3.63, 3.8) is 0 Å². The van der Waals surface area contributed by atoms with E-state index in [4.69, 9.17) is 16.2 Å². The van der Waals surface area contributed by atoms with Crippen molar-refractivity contribution in [3.05, 3.63) is 30.4 Å². The molecule has 0 saturated heterocycles. The van der Waals surface area contributed by atoms with Gasteiger partial charge in [-0.2, -0.15) is 0 Å². The summed E-state index contributed by atoms with van der Waals surface area (Å²) in [6.07, 6.45) is 1.43. The fourth-order valence-corrected chi connectivity index (χ4v) is 0.997. The maximum absolute atomic E-state index is 11.4. The van der Waals surface area contributed by atoms with Crippen LogP contribution in [-0.4, -0.2) is 17.7 Å². The van der Waals surface area contributed by atoms with Crippen LogP contribution in [0.5, 0.6) is 5.75 Å². The van der Waals surface area contributed by atoms with Gasteiger partial charge in [0.05, 0.1) is 11.4 Å². The van der Waals surface area contributed by atoms with Gasteiger partial charge in [0.15, 0.2) is 0 Å². The summed E-state index contributed by atoms with van der Waals surface area (Å²) in [5.41, 5.74) is 11.4. The van der Waals surface area contributed by atoms with E-state index >= 15 is 0 Å². The number of ether oxygens (including phenoxy) is 1. The van der Waals surface area contributed by atoms with Crippen molar-refractivity contribution in [2.24, 2.45) is 0 Å². The summed E-state index contributed by atoms with van der Waals surface area (Å²) < 4.78 is 4.74. The molecule has 15 heavy (non-hydrogen) atoms. The highest BCUT2D eigenvalue weighted by atomic mass is 16.5. The minimum atomic E-state index is -0.667. The van der Waals surface area contributed by atoms with Gasteiger partial charge in [0.1, 0.15) is 17.9 Å². The number of hydrogen-bond acceptors (Lipinski definition) is 5.